The lowest BCUT2D eigenvalue weighted by atomic mass is 10.1. The third kappa shape index (κ3) is 4.77. The summed E-state index contributed by atoms with van der Waals surface area (Å²) < 4.78 is 0. The lowest BCUT2D eigenvalue weighted by Gasteiger charge is -2.18. The first-order chi connectivity index (χ1) is 14.3. The first kappa shape index (κ1) is 21.3. The van der Waals surface area contributed by atoms with Gasteiger partial charge in [0.25, 0.3) is 0 Å². The summed E-state index contributed by atoms with van der Waals surface area (Å²) in [6, 6.07) is 12.3. The molecule has 0 aliphatic carbocycles. The number of rotatable bonds is 6. The quantitative estimate of drug-likeness (QED) is 0.545. The molecule has 1 heterocycles. The molecule has 0 bridgehead atoms. The molecule has 0 aromatic heterocycles. The minimum absolute atomic E-state index is 0.0921. The van der Waals surface area contributed by atoms with Crippen LogP contribution < -0.4 is 10.2 Å². The Morgan fingerprint density at radius 1 is 1.13 bits per heavy atom. The predicted molar refractivity (Wildman–Crippen MR) is 115 cm³/mol. The average Bonchev–Trinajstić information content (AvgIpc) is 2.96. The molecule has 7 nitrogen and oxygen atoms in total. The van der Waals surface area contributed by atoms with Crippen LogP contribution >= 0.6 is 11.8 Å². The van der Waals surface area contributed by atoms with Gasteiger partial charge in [-0.1, -0.05) is 18.2 Å². The number of amides is 3. The maximum atomic E-state index is 12.9. The number of aliphatic carboxylic acids is 1. The third-order valence-electron chi connectivity index (χ3n) is 4.68. The van der Waals surface area contributed by atoms with Crippen LogP contribution in [0, 0.1) is 13.8 Å². The van der Waals surface area contributed by atoms with Crippen molar-refractivity contribution < 1.29 is 24.3 Å². The van der Waals surface area contributed by atoms with E-state index in [9.17, 15) is 19.2 Å². The zero-order valence-corrected chi connectivity index (χ0v) is 17.2. The van der Waals surface area contributed by atoms with Crippen molar-refractivity contribution in [1.82, 2.24) is 0 Å². The Bertz CT molecular complexity index is 1060. The van der Waals surface area contributed by atoms with Gasteiger partial charge in [-0.05, 0) is 49.2 Å². The number of hydrogen-bond acceptors (Lipinski definition) is 5. The van der Waals surface area contributed by atoms with E-state index in [1.54, 1.807) is 30.3 Å². The molecule has 1 fully saturated rings. The van der Waals surface area contributed by atoms with Crippen molar-refractivity contribution in [3.63, 3.8) is 0 Å². The Hall–Kier alpha value is -3.39. The number of carbonyl (C=O) groups excluding carboxylic acids is 3. The fourth-order valence-electron chi connectivity index (χ4n) is 3.07. The highest BCUT2D eigenvalue weighted by Crippen LogP contribution is 2.36. The summed E-state index contributed by atoms with van der Waals surface area (Å²) in [6.45, 7) is 3.82. The molecule has 1 aliphatic heterocycles. The molecule has 154 valence electrons. The summed E-state index contributed by atoms with van der Waals surface area (Å²) in [5.74, 6) is -2.30. The zero-order chi connectivity index (χ0) is 21.8. The Morgan fingerprint density at radius 3 is 2.60 bits per heavy atom. The molecule has 30 heavy (non-hydrogen) atoms. The van der Waals surface area contributed by atoms with Gasteiger partial charge >= 0.3 is 5.97 Å². The summed E-state index contributed by atoms with van der Waals surface area (Å²) >= 11 is 1.26. The van der Waals surface area contributed by atoms with Crippen LogP contribution in [0.2, 0.25) is 0 Å². The first-order valence-corrected chi connectivity index (χ1v) is 10.1. The number of hydrogen-bond donors (Lipinski definition) is 2. The second kappa shape index (κ2) is 8.96. The molecule has 3 rings (SSSR count). The molecular formula is C22H20N2O5S. The molecule has 0 unspecified atom stereocenters. The van der Waals surface area contributed by atoms with Crippen LogP contribution in [0.25, 0.3) is 0 Å². The summed E-state index contributed by atoms with van der Waals surface area (Å²) in [6.07, 6.45) is 1.76. The van der Waals surface area contributed by atoms with Crippen molar-refractivity contribution in [2.24, 2.45) is 0 Å². The van der Waals surface area contributed by atoms with E-state index in [0.717, 1.165) is 23.3 Å². The molecule has 2 aromatic carbocycles. The van der Waals surface area contributed by atoms with E-state index in [4.69, 9.17) is 5.11 Å². The molecule has 1 atom stereocenters. The molecule has 8 heteroatoms. The van der Waals surface area contributed by atoms with Crippen molar-refractivity contribution in [1.29, 1.82) is 0 Å². The van der Waals surface area contributed by atoms with Gasteiger partial charge in [-0.15, -0.1) is 11.8 Å². The van der Waals surface area contributed by atoms with E-state index in [1.807, 2.05) is 26.0 Å². The van der Waals surface area contributed by atoms with Gasteiger partial charge in [0, 0.05) is 29.2 Å². The number of nitrogens with zero attached hydrogens (tertiary/aromatic N) is 1. The van der Waals surface area contributed by atoms with E-state index in [1.165, 1.54) is 16.7 Å². The predicted octanol–water partition coefficient (Wildman–Crippen LogP) is 3.31. The summed E-state index contributed by atoms with van der Waals surface area (Å²) in [5, 5.41) is 10.6. The van der Waals surface area contributed by atoms with Crippen LogP contribution in [-0.4, -0.2) is 34.0 Å². The summed E-state index contributed by atoms with van der Waals surface area (Å²) in [4.78, 5) is 49.7. The van der Waals surface area contributed by atoms with Gasteiger partial charge in [0.1, 0.15) is 0 Å². The van der Waals surface area contributed by atoms with E-state index in [0.29, 0.717) is 16.3 Å². The fourth-order valence-corrected chi connectivity index (χ4v) is 4.18. The maximum Gasteiger partial charge on any atom is 0.328 e. The molecule has 0 saturated carbocycles. The smallest absolute Gasteiger partial charge is 0.328 e. The van der Waals surface area contributed by atoms with Crippen LogP contribution in [0.15, 0.2) is 59.5 Å². The lowest BCUT2D eigenvalue weighted by molar-refractivity contribution is -0.131. The standard InChI is InChI=1S/C22H20N2O5S/c1-13-5-3-8-17(14(13)2)24-20(26)12-18(22(24)29)30-16-7-4-6-15(11-16)23-19(25)9-10-21(27)28/h3-11,18H,12H2,1-2H3,(H,23,25)(H,27,28)/b10-9+/t18-/m0/s1. The second-order valence-corrected chi connectivity index (χ2v) is 8.06. The number of aryl methyl sites for hydroxylation is 1. The van der Waals surface area contributed by atoms with Crippen LogP contribution in [0.1, 0.15) is 17.5 Å². The number of thioether (sulfide) groups is 1. The maximum absolute atomic E-state index is 12.9. The second-order valence-electron chi connectivity index (χ2n) is 6.79. The van der Waals surface area contributed by atoms with Crippen LogP contribution in [0.4, 0.5) is 11.4 Å². The lowest BCUT2D eigenvalue weighted by Crippen LogP contribution is -2.31. The number of anilines is 2. The third-order valence-corrected chi connectivity index (χ3v) is 5.86. The Labute approximate surface area is 177 Å². The van der Waals surface area contributed by atoms with Gasteiger partial charge in [-0.3, -0.25) is 14.4 Å². The number of carboxylic acid groups (broad SMARTS) is 1. The molecule has 1 aliphatic rings. The van der Waals surface area contributed by atoms with Gasteiger partial charge in [-0.25, -0.2) is 9.69 Å². The van der Waals surface area contributed by atoms with Crippen LogP contribution in [0.3, 0.4) is 0 Å². The van der Waals surface area contributed by atoms with Gasteiger partial charge < -0.3 is 10.4 Å². The van der Waals surface area contributed by atoms with Crippen molar-refractivity contribution >= 4 is 46.8 Å². The largest absolute Gasteiger partial charge is 0.478 e. The van der Waals surface area contributed by atoms with Gasteiger partial charge in [0.05, 0.1) is 10.9 Å². The molecule has 3 amide bonds. The molecule has 1 saturated heterocycles. The molecular weight excluding hydrogens is 404 g/mol. The number of carboxylic acids is 1. The minimum Gasteiger partial charge on any atom is -0.478 e. The van der Waals surface area contributed by atoms with E-state index in [2.05, 4.69) is 5.32 Å². The fraction of sp³-hybridized carbons (Fsp3) is 0.182. The Balaban J connectivity index is 1.73. The first-order valence-electron chi connectivity index (χ1n) is 9.18. The monoisotopic (exact) mass is 424 g/mol. The topological polar surface area (TPSA) is 104 Å². The van der Waals surface area contributed by atoms with Crippen molar-refractivity contribution in [2.75, 3.05) is 10.2 Å². The average molecular weight is 424 g/mol. The van der Waals surface area contributed by atoms with E-state index >= 15 is 0 Å². The van der Waals surface area contributed by atoms with E-state index in [-0.39, 0.29) is 18.2 Å². The van der Waals surface area contributed by atoms with E-state index < -0.39 is 17.1 Å². The summed E-state index contributed by atoms with van der Waals surface area (Å²) in [7, 11) is 0. The van der Waals surface area contributed by atoms with Crippen molar-refractivity contribution in [3.05, 3.63) is 65.7 Å². The zero-order valence-electron chi connectivity index (χ0n) is 16.4. The van der Waals surface area contributed by atoms with Gasteiger partial charge in [0.15, 0.2) is 0 Å². The SMILES string of the molecule is Cc1cccc(N2C(=O)C[C@H](Sc3cccc(NC(=O)/C=C/C(=O)O)c3)C2=O)c1C. The number of carbonyl (C=O) groups is 4. The molecule has 0 radical (unpaired) electrons. The Morgan fingerprint density at radius 2 is 1.87 bits per heavy atom. The Kier molecular flexibility index (Phi) is 6.37. The summed E-state index contributed by atoms with van der Waals surface area (Å²) in [5.41, 5.74) is 2.97. The van der Waals surface area contributed by atoms with Crippen molar-refractivity contribution in [3.8, 4) is 0 Å². The van der Waals surface area contributed by atoms with Gasteiger partial charge in [0.2, 0.25) is 17.7 Å². The van der Waals surface area contributed by atoms with Crippen LogP contribution in [0.5, 0.6) is 0 Å². The minimum atomic E-state index is -1.22. The number of benzene rings is 2. The van der Waals surface area contributed by atoms with Crippen LogP contribution in [-0.2, 0) is 19.2 Å². The molecule has 2 aromatic rings. The highest BCUT2D eigenvalue weighted by atomic mass is 32.2. The molecule has 0 spiro atoms. The number of imide groups is 1. The molecule has 2 N–H and O–H groups in total. The van der Waals surface area contributed by atoms with Crippen molar-refractivity contribution in [2.45, 2.75) is 30.4 Å². The normalized spacial score (nSPS) is 16.3. The van der Waals surface area contributed by atoms with Gasteiger partial charge in [-0.2, -0.15) is 0 Å². The highest BCUT2D eigenvalue weighted by molar-refractivity contribution is 8.00. The highest BCUT2D eigenvalue weighted by Gasteiger charge is 2.40. The number of nitrogens with one attached hydrogen (secondary N) is 1.